The molecule has 0 unspecified atom stereocenters. The van der Waals surface area contributed by atoms with E-state index in [-0.39, 0.29) is 10.6 Å². The molecule has 1 aromatic carbocycles. The van der Waals surface area contributed by atoms with Crippen LogP contribution in [0.3, 0.4) is 0 Å². The van der Waals surface area contributed by atoms with Crippen molar-refractivity contribution in [2.45, 2.75) is 12.5 Å². The summed E-state index contributed by atoms with van der Waals surface area (Å²) in [6, 6.07) is 2.73. The highest BCUT2D eigenvalue weighted by atomic mass is 35.5. The van der Waals surface area contributed by atoms with E-state index in [2.05, 4.69) is 4.99 Å². The van der Waals surface area contributed by atoms with Gasteiger partial charge in [-0.3, -0.25) is 0 Å². The third kappa shape index (κ3) is 2.91. The molecule has 0 aliphatic rings. The molecule has 0 saturated carbocycles. The SMILES string of the molecule is O=C=NC(F)(F)Cc1ccccc1Cl. The lowest BCUT2D eigenvalue weighted by atomic mass is 10.1. The molecule has 14 heavy (non-hydrogen) atoms. The number of isocyanates is 1. The van der Waals surface area contributed by atoms with E-state index >= 15 is 0 Å². The summed E-state index contributed by atoms with van der Waals surface area (Å²) in [4.78, 5) is 12.1. The van der Waals surface area contributed by atoms with E-state index in [1.165, 1.54) is 12.1 Å². The second-order valence-corrected chi connectivity index (χ2v) is 3.04. The van der Waals surface area contributed by atoms with Gasteiger partial charge in [0.05, 0.1) is 6.42 Å². The van der Waals surface area contributed by atoms with Gasteiger partial charge in [-0.05, 0) is 11.6 Å². The van der Waals surface area contributed by atoms with Gasteiger partial charge < -0.3 is 0 Å². The fourth-order valence-electron chi connectivity index (χ4n) is 0.977. The molecular weight excluding hydrogens is 212 g/mol. The normalized spacial score (nSPS) is 10.8. The van der Waals surface area contributed by atoms with Crippen molar-refractivity contribution in [2.75, 3.05) is 0 Å². The molecule has 0 spiro atoms. The minimum absolute atomic E-state index is 0.230. The summed E-state index contributed by atoms with van der Waals surface area (Å²) in [6.45, 7) is 0. The molecule has 1 rings (SSSR count). The average molecular weight is 218 g/mol. The number of halogens is 3. The predicted molar refractivity (Wildman–Crippen MR) is 48.2 cm³/mol. The minimum atomic E-state index is -3.44. The van der Waals surface area contributed by atoms with Crippen molar-refractivity contribution in [2.24, 2.45) is 4.99 Å². The van der Waals surface area contributed by atoms with Crippen LogP contribution in [0.4, 0.5) is 8.78 Å². The Morgan fingerprint density at radius 1 is 1.43 bits per heavy atom. The first-order valence-corrected chi connectivity index (χ1v) is 4.13. The number of hydrogen-bond acceptors (Lipinski definition) is 2. The van der Waals surface area contributed by atoms with E-state index in [4.69, 9.17) is 11.6 Å². The zero-order chi connectivity index (χ0) is 10.6. The Labute approximate surface area is 84.2 Å². The van der Waals surface area contributed by atoms with Crippen LogP contribution in [0.2, 0.25) is 5.02 Å². The van der Waals surface area contributed by atoms with E-state index in [9.17, 15) is 13.6 Å². The Bertz CT molecular complexity index is 375. The van der Waals surface area contributed by atoms with Crippen LogP contribution in [-0.2, 0) is 11.2 Å². The minimum Gasteiger partial charge on any atom is -0.211 e. The lowest BCUT2D eigenvalue weighted by Crippen LogP contribution is -2.16. The van der Waals surface area contributed by atoms with Crippen molar-refractivity contribution in [1.82, 2.24) is 0 Å². The molecule has 74 valence electrons. The monoisotopic (exact) mass is 217 g/mol. The summed E-state index contributed by atoms with van der Waals surface area (Å²) in [6.07, 6.45) is 0.137. The highest BCUT2D eigenvalue weighted by molar-refractivity contribution is 6.31. The third-order valence-corrected chi connectivity index (χ3v) is 1.94. The topological polar surface area (TPSA) is 29.4 Å². The summed E-state index contributed by atoms with van der Waals surface area (Å²) in [5, 5.41) is 0.230. The predicted octanol–water partition coefficient (Wildman–Crippen LogP) is 2.81. The van der Waals surface area contributed by atoms with Crippen molar-refractivity contribution in [3.63, 3.8) is 0 Å². The van der Waals surface area contributed by atoms with E-state index in [1.807, 2.05) is 0 Å². The van der Waals surface area contributed by atoms with Crippen molar-refractivity contribution in [3.05, 3.63) is 34.9 Å². The van der Waals surface area contributed by atoms with Crippen LogP contribution < -0.4 is 0 Å². The summed E-state index contributed by atoms with van der Waals surface area (Å²) < 4.78 is 25.6. The van der Waals surface area contributed by atoms with Crippen LogP contribution >= 0.6 is 11.6 Å². The molecule has 0 fully saturated rings. The van der Waals surface area contributed by atoms with Gasteiger partial charge in [-0.15, -0.1) is 4.99 Å². The highest BCUT2D eigenvalue weighted by Crippen LogP contribution is 2.25. The molecule has 0 aliphatic carbocycles. The molecule has 5 heteroatoms. The number of benzene rings is 1. The lowest BCUT2D eigenvalue weighted by Gasteiger charge is -2.09. The van der Waals surface area contributed by atoms with Crippen molar-refractivity contribution >= 4 is 17.7 Å². The summed E-state index contributed by atoms with van der Waals surface area (Å²) in [5.41, 5.74) is 0.248. The molecular formula is C9H6ClF2NO. The van der Waals surface area contributed by atoms with E-state index < -0.39 is 12.5 Å². The maximum atomic E-state index is 12.8. The summed E-state index contributed by atoms with van der Waals surface area (Å²) in [7, 11) is 0. The molecule has 0 atom stereocenters. The van der Waals surface area contributed by atoms with Crippen LogP contribution in [0.5, 0.6) is 0 Å². The average Bonchev–Trinajstić information content (AvgIpc) is 2.08. The van der Waals surface area contributed by atoms with Crippen LogP contribution in [0.15, 0.2) is 29.3 Å². The largest absolute Gasteiger partial charge is 0.356 e. The fourth-order valence-corrected chi connectivity index (χ4v) is 1.18. The molecule has 0 N–H and O–H groups in total. The van der Waals surface area contributed by atoms with Gasteiger partial charge >= 0.3 is 6.05 Å². The number of aliphatic imine (C=N–C) groups is 1. The Morgan fingerprint density at radius 3 is 2.64 bits per heavy atom. The van der Waals surface area contributed by atoms with Gasteiger partial charge in [0.25, 0.3) is 0 Å². The molecule has 0 heterocycles. The smallest absolute Gasteiger partial charge is 0.211 e. The van der Waals surface area contributed by atoms with Gasteiger partial charge in [0.1, 0.15) is 0 Å². The van der Waals surface area contributed by atoms with Crippen LogP contribution in [0.25, 0.3) is 0 Å². The molecule has 0 radical (unpaired) electrons. The first kappa shape index (κ1) is 10.8. The second kappa shape index (κ2) is 4.31. The first-order chi connectivity index (χ1) is 6.55. The Balaban J connectivity index is 2.88. The number of alkyl halides is 2. The lowest BCUT2D eigenvalue weighted by molar-refractivity contribution is 0.0118. The third-order valence-electron chi connectivity index (χ3n) is 1.57. The molecule has 2 nitrogen and oxygen atoms in total. The van der Waals surface area contributed by atoms with Crippen molar-refractivity contribution in [1.29, 1.82) is 0 Å². The standard InChI is InChI=1S/C9H6ClF2NO/c10-8-4-2-1-3-7(8)5-9(11,12)13-6-14/h1-4H,5H2. The van der Waals surface area contributed by atoms with Gasteiger partial charge in [0.2, 0.25) is 6.08 Å². The van der Waals surface area contributed by atoms with Gasteiger partial charge in [0, 0.05) is 5.02 Å². The summed E-state index contributed by atoms with van der Waals surface area (Å²) in [5.74, 6) is 0. The number of rotatable bonds is 3. The molecule has 0 aliphatic heterocycles. The quantitative estimate of drug-likeness (QED) is 0.435. The van der Waals surface area contributed by atoms with Gasteiger partial charge in [-0.1, -0.05) is 29.8 Å². The first-order valence-electron chi connectivity index (χ1n) is 3.75. The maximum Gasteiger partial charge on any atom is 0.356 e. The number of hydrogen-bond donors (Lipinski definition) is 0. The number of nitrogens with zero attached hydrogens (tertiary/aromatic N) is 1. The van der Waals surface area contributed by atoms with Gasteiger partial charge in [-0.25, -0.2) is 4.79 Å². The van der Waals surface area contributed by atoms with E-state index in [1.54, 1.807) is 12.1 Å². The van der Waals surface area contributed by atoms with E-state index in [0.717, 1.165) is 6.08 Å². The zero-order valence-electron chi connectivity index (χ0n) is 7.01. The van der Waals surface area contributed by atoms with Crippen LogP contribution in [-0.4, -0.2) is 12.1 Å². The molecule has 1 aromatic rings. The summed E-state index contributed by atoms with van der Waals surface area (Å²) >= 11 is 5.66. The Morgan fingerprint density at radius 2 is 2.07 bits per heavy atom. The fraction of sp³-hybridized carbons (Fsp3) is 0.222. The molecule has 0 aromatic heterocycles. The van der Waals surface area contributed by atoms with Crippen molar-refractivity contribution < 1.29 is 13.6 Å². The van der Waals surface area contributed by atoms with Crippen molar-refractivity contribution in [3.8, 4) is 0 Å². The van der Waals surface area contributed by atoms with Gasteiger partial charge in [0.15, 0.2) is 0 Å². The second-order valence-electron chi connectivity index (χ2n) is 2.64. The zero-order valence-corrected chi connectivity index (χ0v) is 7.76. The molecule has 0 amide bonds. The van der Waals surface area contributed by atoms with Crippen LogP contribution in [0.1, 0.15) is 5.56 Å². The number of carbonyl (C=O) groups excluding carboxylic acids is 1. The van der Waals surface area contributed by atoms with E-state index in [0.29, 0.717) is 0 Å². The molecule has 0 bridgehead atoms. The maximum absolute atomic E-state index is 12.8. The van der Waals surface area contributed by atoms with Gasteiger partial charge in [-0.2, -0.15) is 8.78 Å². The van der Waals surface area contributed by atoms with Crippen LogP contribution in [0, 0.1) is 0 Å². The Kier molecular flexibility index (Phi) is 3.33. The molecule has 0 saturated heterocycles. The highest BCUT2D eigenvalue weighted by Gasteiger charge is 2.29. The Hall–Kier alpha value is -1.25.